The Kier molecular flexibility index (Phi) is 4.37. The minimum Gasteiger partial charge on any atom is -0.396 e. The summed E-state index contributed by atoms with van der Waals surface area (Å²) in [5, 5.41) is 0.588. The van der Waals surface area contributed by atoms with Crippen molar-refractivity contribution in [3.63, 3.8) is 0 Å². The Balaban J connectivity index is 2.24. The number of nitrogens with two attached hydrogens (primary N) is 1. The number of nitrogen functional groups attached to an aromatic ring is 1. The first-order valence-corrected chi connectivity index (χ1v) is 7.58. The summed E-state index contributed by atoms with van der Waals surface area (Å²) >= 11 is 9.42. The summed E-state index contributed by atoms with van der Waals surface area (Å²) in [5.74, 6) is 0.334. The van der Waals surface area contributed by atoms with Crippen LogP contribution in [0, 0.1) is 0 Å². The Hall–Kier alpha value is -0.910. The van der Waals surface area contributed by atoms with Crippen molar-refractivity contribution in [3.8, 4) is 0 Å². The van der Waals surface area contributed by atoms with Crippen LogP contribution in [0.3, 0.4) is 0 Å². The van der Waals surface area contributed by atoms with Crippen molar-refractivity contribution in [2.75, 3.05) is 5.73 Å². The van der Waals surface area contributed by atoms with Crippen LogP contribution in [0.25, 0.3) is 0 Å². The number of anilines is 1. The van der Waals surface area contributed by atoms with Crippen molar-refractivity contribution in [1.82, 2.24) is 4.98 Å². The van der Waals surface area contributed by atoms with E-state index in [2.05, 4.69) is 20.9 Å². The van der Waals surface area contributed by atoms with Gasteiger partial charge in [0.2, 0.25) is 0 Å². The fraction of sp³-hybridized carbons (Fsp3) is 0.0833. The molecule has 0 aliphatic rings. The van der Waals surface area contributed by atoms with Gasteiger partial charge in [0.1, 0.15) is 0 Å². The van der Waals surface area contributed by atoms with Crippen molar-refractivity contribution < 1.29 is 4.21 Å². The number of hydrogen-bond acceptors (Lipinski definition) is 3. The molecule has 6 heteroatoms. The van der Waals surface area contributed by atoms with E-state index >= 15 is 0 Å². The highest BCUT2D eigenvalue weighted by Crippen LogP contribution is 2.25. The quantitative estimate of drug-likeness (QED) is 0.927. The topological polar surface area (TPSA) is 56.0 Å². The lowest BCUT2D eigenvalue weighted by atomic mass is 10.2. The molecule has 0 saturated carbocycles. The average Bonchev–Trinajstić information content (AvgIpc) is 2.33. The van der Waals surface area contributed by atoms with Gasteiger partial charge in [-0.2, -0.15) is 0 Å². The number of aromatic nitrogens is 1. The molecule has 1 unspecified atom stereocenters. The summed E-state index contributed by atoms with van der Waals surface area (Å²) in [6.07, 6.45) is 3.07. The standard InChI is InChI=1S/C12H10BrClN2OS/c13-9-2-1-8(10(14)5-9)7-18(17)12-3-4-16-6-11(12)15/h1-6H,7,15H2. The van der Waals surface area contributed by atoms with Crippen LogP contribution in [0.15, 0.2) is 46.0 Å². The number of rotatable bonds is 3. The third-order valence-corrected chi connectivity index (χ3v) is 4.64. The minimum absolute atomic E-state index is 0.334. The second kappa shape index (κ2) is 5.82. The van der Waals surface area contributed by atoms with E-state index in [0.717, 1.165) is 10.0 Å². The summed E-state index contributed by atoms with van der Waals surface area (Å²) in [5.41, 5.74) is 7.00. The molecule has 1 heterocycles. The number of benzene rings is 1. The second-order valence-electron chi connectivity index (χ2n) is 3.64. The minimum atomic E-state index is -1.23. The van der Waals surface area contributed by atoms with Crippen LogP contribution in [0.1, 0.15) is 5.56 Å². The van der Waals surface area contributed by atoms with E-state index in [-0.39, 0.29) is 0 Å². The molecule has 3 nitrogen and oxygen atoms in total. The molecule has 0 aliphatic carbocycles. The predicted molar refractivity (Wildman–Crippen MR) is 77.9 cm³/mol. The Labute approximate surface area is 121 Å². The number of hydrogen-bond donors (Lipinski definition) is 1. The molecule has 2 rings (SSSR count). The molecular weight excluding hydrogens is 336 g/mol. The fourth-order valence-corrected chi connectivity index (χ4v) is 3.50. The van der Waals surface area contributed by atoms with Gasteiger partial charge in [-0.25, -0.2) is 0 Å². The van der Waals surface area contributed by atoms with E-state index in [1.807, 2.05) is 12.1 Å². The molecule has 1 aromatic carbocycles. The first-order chi connectivity index (χ1) is 8.58. The molecular formula is C12H10BrClN2OS. The monoisotopic (exact) mass is 344 g/mol. The summed E-state index contributed by atoms with van der Waals surface area (Å²) < 4.78 is 13.1. The van der Waals surface area contributed by atoms with Crippen LogP contribution >= 0.6 is 27.5 Å². The predicted octanol–water partition coefficient (Wildman–Crippen LogP) is 3.39. The fourth-order valence-electron chi connectivity index (χ4n) is 1.46. The molecule has 0 spiro atoms. The highest BCUT2D eigenvalue weighted by Gasteiger charge is 2.11. The molecule has 1 atom stereocenters. The van der Waals surface area contributed by atoms with Gasteiger partial charge in [-0.15, -0.1) is 0 Å². The largest absolute Gasteiger partial charge is 0.396 e. The van der Waals surface area contributed by atoms with Crippen molar-refractivity contribution >= 4 is 44.0 Å². The molecule has 0 saturated heterocycles. The number of pyridine rings is 1. The Morgan fingerprint density at radius 1 is 1.39 bits per heavy atom. The zero-order valence-corrected chi connectivity index (χ0v) is 12.4. The molecule has 0 radical (unpaired) electrons. The highest BCUT2D eigenvalue weighted by molar-refractivity contribution is 9.10. The van der Waals surface area contributed by atoms with Gasteiger partial charge < -0.3 is 5.73 Å². The lowest BCUT2D eigenvalue weighted by Crippen LogP contribution is -2.01. The first kappa shape index (κ1) is 13.5. The van der Waals surface area contributed by atoms with Gasteiger partial charge in [-0.1, -0.05) is 33.6 Å². The van der Waals surface area contributed by atoms with Gasteiger partial charge in [0, 0.05) is 15.7 Å². The molecule has 18 heavy (non-hydrogen) atoms. The van der Waals surface area contributed by atoms with Crippen LogP contribution in [0.5, 0.6) is 0 Å². The van der Waals surface area contributed by atoms with Crippen molar-refractivity contribution in [2.24, 2.45) is 0 Å². The van der Waals surface area contributed by atoms with E-state index in [1.165, 1.54) is 6.20 Å². The lowest BCUT2D eigenvalue weighted by Gasteiger charge is -2.07. The van der Waals surface area contributed by atoms with Gasteiger partial charge in [0.15, 0.2) is 0 Å². The van der Waals surface area contributed by atoms with E-state index in [1.54, 1.807) is 18.3 Å². The first-order valence-electron chi connectivity index (χ1n) is 5.09. The van der Waals surface area contributed by atoms with E-state index < -0.39 is 10.8 Å². The zero-order chi connectivity index (χ0) is 13.1. The molecule has 2 N–H and O–H groups in total. The average molecular weight is 346 g/mol. The maximum Gasteiger partial charge on any atom is 0.0664 e. The lowest BCUT2D eigenvalue weighted by molar-refractivity contribution is 0.683. The third-order valence-electron chi connectivity index (χ3n) is 2.36. The summed E-state index contributed by atoms with van der Waals surface area (Å²) in [7, 11) is -1.23. The van der Waals surface area contributed by atoms with Crippen molar-refractivity contribution in [2.45, 2.75) is 10.6 Å². The SMILES string of the molecule is Nc1cnccc1S(=O)Cc1ccc(Br)cc1Cl. The van der Waals surface area contributed by atoms with Crippen LogP contribution < -0.4 is 5.73 Å². The van der Waals surface area contributed by atoms with Crippen LogP contribution in [-0.2, 0) is 16.6 Å². The van der Waals surface area contributed by atoms with Gasteiger partial charge in [-0.3, -0.25) is 9.19 Å². The normalized spacial score (nSPS) is 12.3. The van der Waals surface area contributed by atoms with Crippen molar-refractivity contribution in [3.05, 3.63) is 51.7 Å². The summed E-state index contributed by atoms with van der Waals surface area (Å²) in [6.45, 7) is 0. The second-order valence-corrected chi connectivity index (χ2v) is 6.38. The molecule has 94 valence electrons. The third kappa shape index (κ3) is 3.10. The van der Waals surface area contributed by atoms with Gasteiger partial charge in [0.05, 0.1) is 33.3 Å². The molecule has 0 amide bonds. The Morgan fingerprint density at radius 3 is 2.83 bits per heavy atom. The van der Waals surface area contributed by atoms with E-state index in [9.17, 15) is 4.21 Å². The van der Waals surface area contributed by atoms with Crippen LogP contribution in [-0.4, -0.2) is 9.19 Å². The highest BCUT2D eigenvalue weighted by atomic mass is 79.9. The molecule has 2 aromatic rings. The zero-order valence-electron chi connectivity index (χ0n) is 9.27. The molecule has 0 bridgehead atoms. The summed E-state index contributed by atoms with van der Waals surface area (Å²) in [4.78, 5) is 4.46. The number of halogens is 2. The van der Waals surface area contributed by atoms with Crippen molar-refractivity contribution in [1.29, 1.82) is 0 Å². The van der Waals surface area contributed by atoms with E-state index in [0.29, 0.717) is 21.4 Å². The Bertz CT molecular complexity index is 606. The molecule has 0 fully saturated rings. The summed E-state index contributed by atoms with van der Waals surface area (Å²) in [6, 6.07) is 7.16. The van der Waals surface area contributed by atoms with Gasteiger partial charge >= 0.3 is 0 Å². The maximum atomic E-state index is 12.2. The van der Waals surface area contributed by atoms with Crippen LogP contribution in [0.4, 0.5) is 5.69 Å². The Morgan fingerprint density at radius 2 is 2.17 bits per heavy atom. The smallest absolute Gasteiger partial charge is 0.0664 e. The van der Waals surface area contributed by atoms with Crippen LogP contribution in [0.2, 0.25) is 5.02 Å². The number of nitrogens with zero attached hydrogens (tertiary/aromatic N) is 1. The van der Waals surface area contributed by atoms with Gasteiger partial charge in [-0.05, 0) is 23.8 Å². The van der Waals surface area contributed by atoms with E-state index in [4.69, 9.17) is 17.3 Å². The molecule has 1 aromatic heterocycles. The van der Waals surface area contributed by atoms with Gasteiger partial charge in [0.25, 0.3) is 0 Å². The maximum absolute atomic E-state index is 12.2. The molecule has 0 aliphatic heterocycles.